The fourth-order valence-electron chi connectivity index (χ4n) is 0.927. The van der Waals surface area contributed by atoms with Crippen LogP contribution in [0.3, 0.4) is 0 Å². The van der Waals surface area contributed by atoms with E-state index in [4.69, 9.17) is 10.5 Å². The third-order valence-electron chi connectivity index (χ3n) is 1.70. The van der Waals surface area contributed by atoms with E-state index >= 15 is 0 Å². The predicted molar refractivity (Wildman–Crippen MR) is 71.0 cm³/mol. The smallest absolute Gasteiger partial charge is 0.331 e. The van der Waals surface area contributed by atoms with Gasteiger partial charge in [0, 0.05) is 11.1 Å². The number of guanidine groups is 1. The molecule has 1 aromatic carbocycles. The van der Waals surface area contributed by atoms with Crippen molar-refractivity contribution in [1.29, 1.82) is 5.41 Å². The summed E-state index contributed by atoms with van der Waals surface area (Å²) < 4.78 is 26.0. The average Bonchev–Trinajstić information content (AvgIpc) is 2.22. The second-order valence-corrected chi connectivity index (χ2v) is 3.22. The molecule has 1 aromatic rings. The summed E-state index contributed by atoms with van der Waals surface area (Å²) in [5.74, 6) is -3.08. The topological polar surface area (TPSA) is 113 Å². The largest absolute Gasteiger partial charge is 0.478 e. The number of hydrogen-bond donors (Lipinski definition) is 4. The Kier molecular flexibility index (Phi) is 8.96. The van der Waals surface area contributed by atoms with Gasteiger partial charge in [-0.1, -0.05) is 6.07 Å². The van der Waals surface area contributed by atoms with E-state index in [1.807, 2.05) is 0 Å². The van der Waals surface area contributed by atoms with Gasteiger partial charge in [-0.2, -0.15) is 0 Å². The second-order valence-electron chi connectivity index (χ2n) is 3.22. The van der Waals surface area contributed by atoms with Crippen LogP contribution < -0.4 is 11.5 Å². The molecule has 0 aliphatic carbocycles. The van der Waals surface area contributed by atoms with Crippen LogP contribution in [0.1, 0.15) is 12.5 Å². The SMILES string of the molecule is C/C(=C\c1c(F)cccc1F)C(=O)O.Cl.N=C(N)N. The number of carbonyl (C=O) groups is 1. The minimum absolute atomic E-state index is 0. The number of nitrogens with two attached hydrogens (primary N) is 2. The highest BCUT2D eigenvalue weighted by molar-refractivity contribution is 5.91. The molecule has 0 heterocycles. The highest BCUT2D eigenvalue weighted by Crippen LogP contribution is 2.15. The first-order chi connectivity index (χ1) is 8.25. The molecule has 0 fully saturated rings. The van der Waals surface area contributed by atoms with Crippen molar-refractivity contribution in [3.05, 3.63) is 41.0 Å². The summed E-state index contributed by atoms with van der Waals surface area (Å²) >= 11 is 0. The second kappa shape index (κ2) is 8.87. The first kappa shape index (κ1) is 19.2. The van der Waals surface area contributed by atoms with Crippen molar-refractivity contribution in [2.24, 2.45) is 11.5 Å². The van der Waals surface area contributed by atoms with Gasteiger partial charge >= 0.3 is 5.97 Å². The quantitative estimate of drug-likeness (QED) is 0.377. The first-order valence-corrected chi connectivity index (χ1v) is 4.70. The number of rotatable bonds is 2. The molecular formula is C11H14ClF2N3O2. The molecule has 0 aliphatic heterocycles. The summed E-state index contributed by atoms with van der Waals surface area (Å²) in [6.45, 7) is 1.27. The lowest BCUT2D eigenvalue weighted by Crippen LogP contribution is -2.20. The third-order valence-corrected chi connectivity index (χ3v) is 1.70. The van der Waals surface area contributed by atoms with Gasteiger partial charge in [0.05, 0.1) is 0 Å². The predicted octanol–water partition coefficient (Wildman–Crippen LogP) is 1.71. The van der Waals surface area contributed by atoms with E-state index in [0.29, 0.717) is 0 Å². The van der Waals surface area contributed by atoms with E-state index in [1.165, 1.54) is 13.0 Å². The third kappa shape index (κ3) is 7.72. The highest BCUT2D eigenvalue weighted by atomic mass is 35.5. The Labute approximate surface area is 114 Å². The number of carboxylic acid groups (broad SMARTS) is 1. The molecule has 0 unspecified atom stereocenters. The zero-order chi connectivity index (χ0) is 14.3. The maximum Gasteiger partial charge on any atom is 0.331 e. The minimum Gasteiger partial charge on any atom is -0.478 e. The molecule has 0 saturated carbocycles. The van der Waals surface area contributed by atoms with Gasteiger partial charge in [-0.05, 0) is 25.1 Å². The van der Waals surface area contributed by atoms with Crippen molar-refractivity contribution in [3.63, 3.8) is 0 Å². The number of nitrogens with one attached hydrogen (secondary N) is 1. The number of aliphatic carboxylic acids is 1. The van der Waals surface area contributed by atoms with Crippen LogP contribution in [0.25, 0.3) is 6.08 Å². The lowest BCUT2D eigenvalue weighted by molar-refractivity contribution is -0.132. The molecule has 1 rings (SSSR count). The van der Waals surface area contributed by atoms with Gasteiger partial charge in [0.25, 0.3) is 0 Å². The molecule has 0 radical (unpaired) electrons. The van der Waals surface area contributed by atoms with E-state index in [2.05, 4.69) is 11.5 Å². The molecule has 6 N–H and O–H groups in total. The zero-order valence-corrected chi connectivity index (χ0v) is 10.8. The van der Waals surface area contributed by atoms with Crippen LogP contribution in [-0.4, -0.2) is 17.0 Å². The molecule has 0 saturated heterocycles. The van der Waals surface area contributed by atoms with Crippen molar-refractivity contribution in [1.82, 2.24) is 0 Å². The van der Waals surface area contributed by atoms with Gasteiger partial charge in [0.2, 0.25) is 0 Å². The molecule has 106 valence electrons. The van der Waals surface area contributed by atoms with Gasteiger partial charge in [-0.25, -0.2) is 13.6 Å². The van der Waals surface area contributed by atoms with Crippen molar-refractivity contribution >= 4 is 30.4 Å². The van der Waals surface area contributed by atoms with Gasteiger partial charge in [-0.3, -0.25) is 5.41 Å². The van der Waals surface area contributed by atoms with Crippen molar-refractivity contribution in [3.8, 4) is 0 Å². The van der Waals surface area contributed by atoms with E-state index in [1.54, 1.807) is 0 Å². The standard InChI is InChI=1S/C10H8F2O2.CH5N3.ClH/c1-6(10(13)14)5-7-8(11)3-2-4-9(7)12;2-1(3)4;/h2-5H,1H3,(H,13,14);(H5,2,3,4);1H/b6-5+;;. The number of carboxylic acids is 1. The van der Waals surface area contributed by atoms with E-state index in [9.17, 15) is 13.6 Å². The Balaban J connectivity index is 0. The number of benzene rings is 1. The van der Waals surface area contributed by atoms with Crippen molar-refractivity contribution < 1.29 is 18.7 Å². The monoisotopic (exact) mass is 293 g/mol. The number of hydrogen-bond acceptors (Lipinski definition) is 2. The Morgan fingerprint density at radius 2 is 1.68 bits per heavy atom. The number of halogens is 3. The maximum absolute atomic E-state index is 13.0. The lowest BCUT2D eigenvalue weighted by Gasteiger charge is -1.99. The Morgan fingerprint density at radius 3 is 2.00 bits per heavy atom. The lowest BCUT2D eigenvalue weighted by atomic mass is 10.1. The summed E-state index contributed by atoms with van der Waals surface area (Å²) in [6, 6.07) is 3.37. The molecule has 0 amide bonds. The summed E-state index contributed by atoms with van der Waals surface area (Å²) in [7, 11) is 0. The molecule has 8 heteroatoms. The Bertz CT molecular complexity index is 469. The van der Waals surface area contributed by atoms with Crippen LogP contribution in [0.2, 0.25) is 0 Å². The molecular weight excluding hydrogens is 280 g/mol. The summed E-state index contributed by atoms with van der Waals surface area (Å²) in [6.07, 6.45) is 0.965. The maximum atomic E-state index is 13.0. The van der Waals surface area contributed by atoms with E-state index in [0.717, 1.165) is 18.2 Å². The van der Waals surface area contributed by atoms with Crippen LogP contribution in [0.15, 0.2) is 23.8 Å². The summed E-state index contributed by atoms with van der Waals surface area (Å²) in [5, 5.41) is 14.6. The molecule has 0 bridgehead atoms. The van der Waals surface area contributed by atoms with Gasteiger partial charge in [0.1, 0.15) is 11.6 Å². The van der Waals surface area contributed by atoms with Gasteiger partial charge in [0.15, 0.2) is 5.96 Å². The first-order valence-electron chi connectivity index (χ1n) is 4.70. The van der Waals surface area contributed by atoms with Crippen LogP contribution in [0.5, 0.6) is 0 Å². The fourth-order valence-corrected chi connectivity index (χ4v) is 0.927. The normalized spacial score (nSPS) is 9.74. The molecule has 5 nitrogen and oxygen atoms in total. The van der Waals surface area contributed by atoms with Crippen LogP contribution >= 0.6 is 12.4 Å². The minimum atomic E-state index is -1.20. The zero-order valence-electron chi connectivity index (χ0n) is 9.98. The van der Waals surface area contributed by atoms with Gasteiger partial charge in [-0.15, -0.1) is 12.4 Å². The Morgan fingerprint density at radius 1 is 1.32 bits per heavy atom. The Hall–Kier alpha value is -2.15. The van der Waals surface area contributed by atoms with Crippen LogP contribution in [0, 0.1) is 17.0 Å². The van der Waals surface area contributed by atoms with Gasteiger partial charge < -0.3 is 16.6 Å². The fraction of sp³-hybridized carbons (Fsp3) is 0.0909. The van der Waals surface area contributed by atoms with E-state index in [-0.39, 0.29) is 29.5 Å². The molecule has 0 atom stereocenters. The molecule has 0 aromatic heterocycles. The highest BCUT2D eigenvalue weighted by Gasteiger charge is 2.08. The van der Waals surface area contributed by atoms with Crippen molar-refractivity contribution in [2.75, 3.05) is 0 Å². The van der Waals surface area contributed by atoms with E-state index < -0.39 is 17.6 Å². The summed E-state index contributed by atoms with van der Waals surface area (Å²) in [4.78, 5) is 10.4. The average molecular weight is 294 g/mol. The summed E-state index contributed by atoms with van der Waals surface area (Å²) in [5.41, 5.74) is 8.50. The molecule has 19 heavy (non-hydrogen) atoms. The van der Waals surface area contributed by atoms with Crippen LogP contribution in [-0.2, 0) is 4.79 Å². The molecule has 0 spiro atoms. The van der Waals surface area contributed by atoms with Crippen molar-refractivity contribution in [2.45, 2.75) is 6.92 Å². The van der Waals surface area contributed by atoms with Crippen LogP contribution in [0.4, 0.5) is 8.78 Å². The molecule has 0 aliphatic rings.